The fourth-order valence-electron chi connectivity index (χ4n) is 8.74. The van der Waals surface area contributed by atoms with Gasteiger partial charge >= 0.3 is 0 Å². The summed E-state index contributed by atoms with van der Waals surface area (Å²) in [4.78, 5) is 0. The smallest absolute Gasteiger partial charge is 0.0620 e. The minimum absolute atomic E-state index is 1.17. The summed E-state index contributed by atoms with van der Waals surface area (Å²) >= 11 is 1.89. The minimum Gasteiger partial charge on any atom is -0.309 e. The molecular formula is C46H26N2S. The summed E-state index contributed by atoms with van der Waals surface area (Å²) in [6, 6.07) is 58.6. The molecule has 12 rings (SSSR count). The summed E-state index contributed by atoms with van der Waals surface area (Å²) in [6.07, 6.45) is 0. The number of benzene rings is 8. The molecule has 0 aliphatic carbocycles. The van der Waals surface area contributed by atoms with Crippen molar-refractivity contribution >= 4 is 102 Å². The molecule has 0 atom stereocenters. The second-order valence-corrected chi connectivity index (χ2v) is 14.3. The molecule has 226 valence electrons. The molecule has 0 N–H and O–H groups in total. The Hall–Kier alpha value is -6.16. The summed E-state index contributed by atoms with van der Waals surface area (Å²) in [5, 5.41) is 13.0. The second-order valence-electron chi connectivity index (χ2n) is 13.3. The number of nitrogens with zero attached hydrogens (tertiary/aromatic N) is 2. The first-order valence-electron chi connectivity index (χ1n) is 16.9. The van der Waals surface area contributed by atoms with Gasteiger partial charge in [-0.15, -0.1) is 11.3 Å². The van der Waals surface area contributed by atoms with E-state index >= 15 is 0 Å². The van der Waals surface area contributed by atoms with Crippen LogP contribution in [0.3, 0.4) is 0 Å². The lowest BCUT2D eigenvalue weighted by atomic mass is 10.0. The van der Waals surface area contributed by atoms with Gasteiger partial charge in [0.1, 0.15) is 0 Å². The fraction of sp³-hybridized carbons (Fsp3) is 0. The van der Waals surface area contributed by atoms with Crippen molar-refractivity contribution < 1.29 is 0 Å². The molecule has 4 heterocycles. The highest BCUT2D eigenvalue weighted by atomic mass is 32.1. The molecular weight excluding hydrogens is 613 g/mol. The number of rotatable bonds is 2. The van der Waals surface area contributed by atoms with Gasteiger partial charge < -0.3 is 8.97 Å². The summed E-state index contributed by atoms with van der Waals surface area (Å²) in [6.45, 7) is 0. The van der Waals surface area contributed by atoms with Crippen molar-refractivity contribution in [2.24, 2.45) is 0 Å². The zero-order valence-electron chi connectivity index (χ0n) is 26.3. The number of hydrogen-bond acceptors (Lipinski definition) is 1. The van der Waals surface area contributed by atoms with Crippen LogP contribution in [0, 0.1) is 0 Å². The van der Waals surface area contributed by atoms with Gasteiger partial charge in [-0.3, -0.25) is 0 Å². The first-order chi connectivity index (χ1) is 24.3. The highest BCUT2D eigenvalue weighted by Crippen LogP contribution is 2.44. The van der Waals surface area contributed by atoms with Crippen molar-refractivity contribution in [3.05, 3.63) is 158 Å². The molecule has 12 aromatic rings. The highest BCUT2D eigenvalue weighted by molar-refractivity contribution is 7.26. The van der Waals surface area contributed by atoms with Crippen LogP contribution in [-0.2, 0) is 0 Å². The Morgan fingerprint density at radius 1 is 0.388 bits per heavy atom. The SMILES string of the molecule is c1ccc2c(c1)sc1c(-c3ccc(-n4c5ccccc5c5ccc6cc7c(cc6c54)c4cccc5c6ccccc6n7c54)cc3)cccc12. The van der Waals surface area contributed by atoms with E-state index in [-0.39, 0.29) is 0 Å². The maximum atomic E-state index is 2.48. The van der Waals surface area contributed by atoms with Gasteiger partial charge in [0.25, 0.3) is 0 Å². The number of para-hydroxylation sites is 3. The van der Waals surface area contributed by atoms with Crippen LogP contribution in [-0.4, -0.2) is 8.97 Å². The molecule has 3 heteroatoms. The highest BCUT2D eigenvalue weighted by Gasteiger charge is 2.20. The quantitative estimate of drug-likeness (QED) is 0.178. The van der Waals surface area contributed by atoms with E-state index in [1.165, 1.54) is 108 Å². The lowest BCUT2D eigenvalue weighted by molar-refractivity contribution is 1.19. The maximum Gasteiger partial charge on any atom is 0.0620 e. The third kappa shape index (κ3) is 3.30. The van der Waals surface area contributed by atoms with E-state index in [4.69, 9.17) is 0 Å². The van der Waals surface area contributed by atoms with E-state index in [0.717, 1.165) is 0 Å². The Morgan fingerprint density at radius 2 is 1.04 bits per heavy atom. The van der Waals surface area contributed by atoms with Crippen LogP contribution < -0.4 is 0 Å². The van der Waals surface area contributed by atoms with Crippen LogP contribution in [0.25, 0.3) is 108 Å². The van der Waals surface area contributed by atoms with Gasteiger partial charge in [-0.2, -0.15) is 0 Å². The first kappa shape index (κ1) is 25.9. The van der Waals surface area contributed by atoms with Gasteiger partial charge in [0, 0.05) is 63.6 Å². The standard InChI is InChI=1S/C46H26N2S/c1-4-16-40-32(10-1)36-24-21-28-25-42-39(35-14-8-13-34-31-9-2-5-17-41(31)48(42)44(34)35)26-38(28)45(36)47(40)29-22-19-27(20-23-29)30-12-7-15-37-33-11-3-6-18-43(33)49-46(30)37/h1-26H. The minimum atomic E-state index is 1.17. The van der Waals surface area contributed by atoms with E-state index < -0.39 is 0 Å². The van der Waals surface area contributed by atoms with Gasteiger partial charge in [0.15, 0.2) is 0 Å². The molecule has 2 nitrogen and oxygen atoms in total. The molecule has 0 radical (unpaired) electrons. The normalized spacial score (nSPS) is 12.5. The van der Waals surface area contributed by atoms with E-state index in [0.29, 0.717) is 0 Å². The predicted molar refractivity (Wildman–Crippen MR) is 211 cm³/mol. The molecule has 0 aliphatic rings. The third-order valence-electron chi connectivity index (χ3n) is 10.8. The zero-order chi connectivity index (χ0) is 31.8. The average molecular weight is 639 g/mol. The van der Waals surface area contributed by atoms with Crippen LogP contribution in [0.1, 0.15) is 0 Å². The average Bonchev–Trinajstić information content (AvgIpc) is 3.90. The van der Waals surface area contributed by atoms with E-state index in [9.17, 15) is 0 Å². The van der Waals surface area contributed by atoms with Gasteiger partial charge in [-0.25, -0.2) is 0 Å². The second kappa shape index (κ2) is 9.25. The Kier molecular flexibility index (Phi) is 4.89. The lowest BCUT2D eigenvalue weighted by Gasteiger charge is -2.12. The zero-order valence-corrected chi connectivity index (χ0v) is 27.1. The molecule has 0 unspecified atom stereocenters. The predicted octanol–water partition coefficient (Wildman–Crippen LogP) is 13.1. The number of thiophene rings is 1. The summed E-state index contributed by atoms with van der Waals surface area (Å²) in [5.74, 6) is 0. The maximum absolute atomic E-state index is 2.48. The van der Waals surface area contributed by atoms with Crippen LogP contribution in [0.2, 0.25) is 0 Å². The summed E-state index contributed by atoms with van der Waals surface area (Å²) < 4.78 is 7.64. The fourth-order valence-corrected chi connectivity index (χ4v) is 9.98. The van der Waals surface area contributed by atoms with Crippen molar-refractivity contribution in [3.63, 3.8) is 0 Å². The Morgan fingerprint density at radius 3 is 1.90 bits per heavy atom. The van der Waals surface area contributed by atoms with Crippen molar-refractivity contribution in [1.29, 1.82) is 0 Å². The molecule has 4 aromatic heterocycles. The molecule has 0 fully saturated rings. The van der Waals surface area contributed by atoms with Crippen LogP contribution in [0.5, 0.6) is 0 Å². The van der Waals surface area contributed by atoms with Crippen LogP contribution >= 0.6 is 11.3 Å². The molecule has 0 saturated carbocycles. The van der Waals surface area contributed by atoms with Crippen LogP contribution in [0.4, 0.5) is 0 Å². The van der Waals surface area contributed by atoms with Crippen molar-refractivity contribution in [1.82, 2.24) is 8.97 Å². The van der Waals surface area contributed by atoms with Crippen molar-refractivity contribution in [2.45, 2.75) is 0 Å². The summed E-state index contributed by atoms with van der Waals surface area (Å²) in [7, 11) is 0. The van der Waals surface area contributed by atoms with Gasteiger partial charge in [0.05, 0.1) is 27.6 Å². The Bertz CT molecular complexity index is 3320. The topological polar surface area (TPSA) is 9.34 Å². The number of aromatic nitrogens is 2. The van der Waals surface area contributed by atoms with Gasteiger partial charge in [-0.05, 0) is 59.0 Å². The molecule has 0 spiro atoms. The van der Waals surface area contributed by atoms with E-state index in [1.807, 2.05) is 11.3 Å². The van der Waals surface area contributed by atoms with Gasteiger partial charge in [-0.1, -0.05) is 115 Å². The van der Waals surface area contributed by atoms with E-state index in [2.05, 4.69) is 167 Å². The molecule has 49 heavy (non-hydrogen) atoms. The van der Waals surface area contributed by atoms with Crippen LogP contribution in [0.15, 0.2) is 158 Å². The largest absolute Gasteiger partial charge is 0.309 e. The Labute approximate surface area is 284 Å². The summed E-state index contributed by atoms with van der Waals surface area (Å²) in [5.41, 5.74) is 10.0. The molecule has 0 saturated heterocycles. The van der Waals surface area contributed by atoms with E-state index in [1.54, 1.807) is 0 Å². The monoisotopic (exact) mass is 638 g/mol. The molecule has 0 aliphatic heterocycles. The Balaban J connectivity index is 1.13. The first-order valence-corrected chi connectivity index (χ1v) is 17.7. The third-order valence-corrected chi connectivity index (χ3v) is 12.1. The lowest BCUT2D eigenvalue weighted by Crippen LogP contribution is -1.94. The van der Waals surface area contributed by atoms with Crippen molar-refractivity contribution in [3.8, 4) is 16.8 Å². The molecule has 8 aromatic carbocycles. The number of hydrogen-bond donors (Lipinski definition) is 0. The van der Waals surface area contributed by atoms with Crippen molar-refractivity contribution in [2.75, 3.05) is 0 Å². The molecule has 0 amide bonds. The molecule has 0 bridgehead atoms. The van der Waals surface area contributed by atoms with Gasteiger partial charge in [0.2, 0.25) is 0 Å². The number of fused-ring (bicyclic) bond motifs is 14.